The van der Waals surface area contributed by atoms with E-state index in [2.05, 4.69) is 6.92 Å². The number of hydrogen-bond acceptors (Lipinski definition) is 2. The summed E-state index contributed by atoms with van der Waals surface area (Å²) >= 11 is 0. The first kappa shape index (κ1) is 13.6. The van der Waals surface area contributed by atoms with Gasteiger partial charge in [-0.1, -0.05) is 25.1 Å². The van der Waals surface area contributed by atoms with Crippen LogP contribution in [-0.4, -0.2) is 34.5 Å². The Balaban J connectivity index is 2.13. The van der Waals surface area contributed by atoms with Gasteiger partial charge in [-0.3, -0.25) is 4.79 Å². The Bertz CT molecular complexity index is 498. The van der Waals surface area contributed by atoms with Crippen LogP contribution in [0.5, 0.6) is 0 Å². The minimum atomic E-state index is -0.980. The number of carboxylic acid groups (broad SMARTS) is 1. The molecule has 4 nitrogen and oxygen atoms in total. The largest absolute Gasteiger partial charge is 0.478 e. The molecule has 1 heterocycles. The minimum absolute atomic E-state index is 0.0190. The first-order chi connectivity index (χ1) is 8.99. The van der Waals surface area contributed by atoms with Crippen LogP contribution in [0.25, 0.3) is 0 Å². The molecule has 2 atom stereocenters. The van der Waals surface area contributed by atoms with Crippen molar-refractivity contribution in [3.63, 3.8) is 0 Å². The number of likely N-dealkylation sites (tertiary alicyclic amines) is 1. The van der Waals surface area contributed by atoms with Crippen molar-refractivity contribution in [3.8, 4) is 0 Å². The van der Waals surface area contributed by atoms with Gasteiger partial charge in [0.1, 0.15) is 0 Å². The van der Waals surface area contributed by atoms with Crippen LogP contribution in [0.4, 0.5) is 0 Å². The van der Waals surface area contributed by atoms with Crippen molar-refractivity contribution in [3.05, 3.63) is 35.4 Å². The van der Waals surface area contributed by atoms with E-state index in [9.17, 15) is 9.59 Å². The van der Waals surface area contributed by atoms with Gasteiger partial charge in [-0.2, -0.15) is 0 Å². The van der Waals surface area contributed by atoms with Crippen LogP contribution >= 0.6 is 0 Å². The lowest BCUT2D eigenvalue weighted by Gasteiger charge is -2.21. The molecule has 0 aromatic heterocycles. The van der Waals surface area contributed by atoms with Crippen molar-refractivity contribution in [2.24, 2.45) is 5.92 Å². The van der Waals surface area contributed by atoms with Crippen molar-refractivity contribution >= 4 is 11.9 Å². The summed E-state index contributed by atoms with van der Waals surface area (Å²) in [6.07, 6.45) is 1.19. The van der Waals surface area contributed by atoms with Crippen LogP contribution in [0.2, 0.25) is 0 Å². The zero-order chi connectivity index (χ0) is 14.0. The van der Waals surface area contributed by atoms with Gasteiger partial charge in [0.2, 0.25) is 5.91 Å². The van der Waals surface area contributed by atoms with Gasteiger partial charge in [-0.05, 0) is 30.9 Å². The highest BCUT2D eigenvalue weighted by atomic mass is 16.4. The number of carbonyl (C=O) groups excluding carboxylic acids is 1. The molecular formula is C15H19NO3. The van der Waals surface area contributed by atoms with E-state index >= 15 is 0 Å². The summed E-state index contributed by atoms with van der Waals surface area (Å²) in [4.78, 5) is 25.3. The Labute approximate surface area is 113 Å². The maximum Gasteiger partial charge on any atom is 0.335 e. The molecule has 0 saturated carbocycles. The maximum absolute atomic E-state index is 12.3. The molecule has 102 valence electrons. The number of rotatable bonds is 3. The number of nitrogens with zero attached hydrogens (tertiary/aromatic N) is 1. The van der Waals surface area contributed by atoms with Crippen molar-refractivity contribution in [2.45, 2.75) is 32.7 Å². The third kappa shape index (κ3) is 2.95. The Kier molecular flexibility index (Phi) is 3.88. The summed E-state index contributed by atoms with van der Waals surface area (Å²) in [6, 6.07) is 6.95. The quantitative estimate of drug-likeness (QED) is 0.907. The predicted molar refractivity (Wildman–Crippen MR) is 72.1 cm³/mol. The average molecular weight is 261 g/mol. The molecule has 1 amide bonds. The third-order valence-corrected chi connectivity index (χ3v) is 3.69. The molecule has 0 spiro atoms. The summed E-state index contributed by atoms with van der Waals surface area (Å²) in [5.41, 5.74) is 0.808. The van der Waals surface area contributed by atoms with E-state index in [0.29, 0.717) is 11.5 Å². The van der Waals surface area contributed by atoms with E-state index in [1.54, 1.807) is 24.3 Å². The van der Waals surface area contributed by atoms with Crippen LogP contribution in [-0.2, 0) is 11.2 Å². The zero-order valence-electron chi connectivity index (χ0n) is 11.3. The van der Waals surface area contributed by atoms with Crippen molar-refractivity contribution in [1.29, 1.82) is 0 Å². The van der Waals surface area contributed by atoms with Crippen LogP contribution < -0.4 is 0 Å². The van der Waals surface area contributed by atoms with Crippen molar-refractivity contribution < 1.29 is 14.7 Å². The smallest absolute Gasteiger partial charge is 0.335 e. The summed E-state index contributed by atoms with van der Waals surface area (Å²) in [7, 11) is 0. The highest BCUT2D eigenvalue weighted by Gasteiger charge is 2.30. The van der Waals surface area contributed by atoms with Crippen LogP contribution in [0.15, 0.2) is 24.3 Å². The van der Waals surface area contributed by atoms with E-state index < -0.39 is 5.97 Å². The highest BCUT2D eigenvalue weighted by Crippen LogP contribution is 2.23. The van der Waals surface area contributed by atoms with Crippen LogP contribution in [0.1, 0.15) is 36.2 Å². The minimum Gasteiger partial charge on any atom is -0.478 e. The molecule has 19 heavy (non-hydrogen) atoms. The fourth-order valence-electron chi connectivity index (χ4n) is 2.80. The Hall–Kier alpha value is -1.84. The van der Waals surface area contributed by atoms with Gasteiger partial charge in [0.25, 0.3) is 0 Å². The number of carbonyl (C=O) groups is 2. The number of aromatic carboxylic acids is 1. The highest BCUT2D eigenvalue weighted by molar-refractivity contribution is 5.91. The molecule has 1 fully saturated rings. The van der Waals surface area contributed by atoms with Gasteiger partial charge in [0, 0.05) is 12.6 Å². The van der Waals surface area contributed by atoms with E-state index in [-0.39, 0.29) is 23.9 Å². The van der Waals surface area contributed by atoms with Crippen molar-refractivity contribution in [1.82, 2.24) is 4.90 Å². The fourth-order valence-corrected chi connectivity index (χ4v) is 2.80. The lowest BCUT2D eigenvalue weighted by Crippen LogP contribution is -2.35. The van der Waals surface area contributed by atoms with Crippen molar-refractivity contribution in [2.75, 3.05) is 6.54 Å². The molecule has 1 aromatic carbocycles. The molecule has 0 aliphatic carbocycles. The van der Waals surface area contributed by atoms with Crippen LogP contribution in [0.3, 0.4) is 0 Å². The zero-order valence-corrected chi connectivity index (χ0v) is 11.3. The van der Waals surface area contributed by atoms with Gasteiger partial charge < -0.3 is 10.0 Å². The Morgan fingerprint density at radius 3 is 2.58 bits per heavy atom. The summed E-state index contributed by atoms with van der Waals surface area (Å²) < 4.78 is 0. The predicted octanol–water partition coefficient (Wildman–Crippen LogP) is 2.18. The monoisotopic (exact) mass is 261 g/mol. The topological polar surface area (TPSA) is 57.6 Å². The first-order valence-corrected chi connectivity index (χ1v) is 6.59. The van der Waals surface area contributed by atoms with Gasteiger partial charge in [0.05, 0.1) is 12.0 Å². The third-order valence-electron chi connectivity index (χ3n) is 3.69. The summed E-state index contributed by atoms with van der Waals surface area (Å²) in [5.74, 6) is -0.439. The molecule has 1 N–H and O–H groups in total. The average Bonchev–Trinajstić information content (AvgIpc) is 2.69. The van der Waals surface area contributed by atoms with Gasteiger partial charge in [-0.15, -0.1) is 0 Å². The SMILES string of the molecule is CC1CC(C)N(C(=O)Cc2ccccc2C(=O)O)C1. The lowest BCUT2D eigenvalue weighted by molar-refractivity contribution is -0.131. The molecule has 0 radical (unpaired) electrons. The van der Waals surface area contributed by atoms with E-state index in [0.717, 1.165) is 13.0 Å². The summed E-state index contributed by atoms with van der Waals surface area (Å²) in [6.45, 7) is 4.95. The fraction of sp³-hybridized carbons (Fsp3) is 0.467. The second-order valence-electron chi connectivity index (χ2n) is 5.38. The molecule has 1 aromatic rings. The molecule has 1 saturated heterocycles. The second-order valence-corrected chi connectivity index (χ2v) is 5.38. The molecule has 2 unspecified atom stereocenters. The molecule has 4 heteroatoms. The normalized spacial score (nSPS) is 22.5. The number of benzene rings is 1. The van der Waals surface area contributed by atoms with E-state index in [1.807, 2.05) is 11.8 Å². The molecule has 1 aliphatic rings. The van der Waals surface area contributed by atoms with Gasteiger partial charge in [0.15, 0.2) is 0 Å². The number of hydrogen-bond donors (Lipinski definition) is 1. The summed E-state index contributed by atoms with van der Waals surface area (Å²) in [5, 5.41) is 9.11. The van der Waals surface area contributed by atoms with Crippen LogP contribution in [0, 0.1) is 5.92 Å². The van der Waals surface area contributed by atoms with E-state index in [4.69, 9.17) is 5.11 Å². The van der Waals surface area contributed by atoms with Gasteiger partial charge >= 0.3 is 5.97 Å². The molecular weight excluding hydrogens is 242 g/mol. The maximum atomic E-state index is 12.3. The Morgan fingerprint density at radius 1 is 1.32 bits per heavy atom. The van der Waals surface area contributed by atoms with Gasteiger partial charge in [-0.25, -0.2) is 4.79 Å². The second kappa shape index (κ2) is 5.43. The van der Waals surface area contributed by atoms with E-state index in [1.165, 1.54) is 0 Å². The molecule has 0 bridgehead atoms. The standard InChI is InChI=1S/C15H19NO3/c1-10-7-11(2)16(9-10)14(17)8-12-5-3-4-6-13(12)15(18)19/h3-6,10-11H,7-9H2,1-2H3,(H,18,19). The molecule has 1 aliphatic heterocycles. The lowest BCUT2D eigenvalue weighted by atomic mass is 10.0. The Morgan fingerprint density at radius 2 is 2.00 bits per heavy atom. The first-order valence-electron chi connectivity index (χ1n) is 6.59. The molecule has 2 rings (SSSR count). The number of amides is 1. The number of carboxylic acids is 1.